The summed E-state index contributed by atoms with van der Waals surface area (Å²) in [6, 6.07) is 2.10. The van der Waals surface area contributed by atoms with Gasteiger partial charge in [0.2, 0.25) is 5.91 Å². The molecule has 0 saturated heterocycles. The maximum absolute atomic E-state index is 10.7. The number of carbonyl (C=O) groups excluding carboxylic acids is 1. The van der Waals surface area contributed by atoms with Crippen molar-refractivity contribution in [2.75, 3.05) is 19.6 Å². The van der Waals surface area contributed by atoms with Gasteiger partial charge in [0.15, 0.2) is 5.96 Å². The fraction of sp³-hybridized carbons (Fsp3) is 0.538. The molecule has 0 radical (unpaired) electrons. The van der Waals surface area contributed by atoms with E-state index < -0.39 is 0 Å². The molecule has 0 aliphatic rings. The molecule has 5 nitrogen and oxygen atoms in total. The summed E-state index contributed by atoms with van der Waals surface area (Å²) in [4.78, 5) is 16.6. The first kappa shape index (κ1) is 19.2. The molecule has 1 heterocycles. The van der Waals surface area contributed by atoms with Crippen molar-refractivity contribution in [3.8, 4) is 0 Å². The number of halogens is 1. The van der Waals surface area contributed by atoms with Crippen LogP contribution in [-0.4, -0.2) is 31.5 Å². The lowest BCUT2D eigenvalue weighted by Crippen LogP contribution is -2.41. The first-order valence-electron chi connectivity index (χ1n) is 6.43. The van der Waals surface area contributed by atoms with Crippen molar-refractivity contribution in [3.05, 3.63) is 21.9 Å². The predicted octanol–water partition coefficient (Wildman–Crippen LogP) is 1.87. The first-order chi connectivity index (χ1) is 9.13. The van der Waals surface area contributed by atoms with E-state index >= 15 is 0 Å². The Balaban J connectivity index is 0.00000361. The van der Waals surface area contributed by atoms with Crippen LogP contribution >= 0.6 is 35.3 Å². The molecule has 0 aliphatic carbocycles. The summed E-state index contributed by atoms with van der Waals surface area (Å²) in [6.07, 6.45) is 0. The zero-order valence-corrected chi connectivity index (χ0v) is 15.3. The predicted molar refractivity (Wildman–Crippen MR) is 96.0 cm³/mol. The van der Waals surface area contributed by atoms with Gasteiger partial charge in [-0.05, 0) is 30.9 Å². The molecular weight excluding hydrogens is 387 g/mol. The highest BCUT2D eigenvalue weighted by molar-refractivity contribution is 14.0. The van der Waals surface area contributed by atoms with Gasteiger partial charge in [0, 0.05) is 31.4 Å². The van der Waals surface area contributed by atoms with E-state index in [9.17, 15) is 4.79 Å². The van der Waals surface area contributed by atoms with E-state index in [1.165, 1.54) is 17.4 Å². The Labute approximate surface area is 141 Å². The average molecular weight is 410 g/mol. The van der Waals surface area contributed by atoms with Crippen LogP contribution in [-0.2, 0) is 11.3 Å². The van der Waals surface area contributed by atoms with Crippen LogP contribution < -0.4 is 16.0 Å². The second-order valence-electron chi connectivity index (χ2n) is 4.13. The monoisotopic (exact) mass is 410 g/mol. The summed E-state index contributed by atoms with van der Waals surface area (Å²) in [5.41, 5.74) is 1.28. The van der Waals surface area contributed by atoms with Crippen LogP contribution in [0.15, 0.2) is 16.4 Å². The Morgan fingerprint density at radius 2 is 2.00 bits per heavy atom. The van der Waals surface area contributed by atoms with E-state index in [0.717, 1.165) is 12.5 Å². The van der Waals surface area contributed by atoms with E-state index in [-0.39, 0.29) is 29.9 Å². The minimum atomic E-state index is -0.0158. The van der Waals surface area contributed by atoms with Gasteiger partial charge < -0.3 is 16.0 Å². The zero-order valence-electron chi connectivity index (χ0n) is 12.2. The van der Waals surface area contributed by atoms with Crippen molar-refractivity contribution >= 4 is 47.2 Å². The van der Waals surface area contributed by atoms with Gasteiger partial charge in [-0.1, -0.05) is 0 Å². The zero-order chi connectivity index (χ0) is 14.1. The molecule has 1 aromatic rings. The van der Waals surface area contributed by atoms with Crippen LogP contribution in [0.1, 0.15) is 24.3 Å². The third-order valence-corrected chi connectivity index (χ3v) is 3.49. The van der Waals surface area contributed by atoms with E-state index in [4.69, 9.17) is 0 Å². The molecule has 0 spiro atoms. The standard InChI is InChI=1S/C13H22N4OS.HI/c1-4-14-13(16-7-6-15-11(3)18)17-9-12-10(2)5-8-19-12;/h5,8H,4,6-7,9H2,1-3H3,(H,15,18)(H2,14,16,17);1H. The van der Waals surface area contributed by atoms with E-state index in [2.05, 4.69) is 39.3 Å². The Bertz CT molecular complexity index is 434. The quantitative estimate of drug-likeness (QED) is 0.290. The van der Waals surface area contributed by atoms with Gasteiger partial charge in [-0.2, -0.15) is 0 Å². The van der Waals surface area contributed by atoms with Crippen molar-refractivity contribution in [1.82, 2.24) is 16.0 Å². The molecule has 0 saturated carbocycles. The van der Waals surface area contributed by atoms with Crippen LogP contribution in [0.3, 0.4) is 0 Å². The molecule has 1 rings (SSSR count). The topological polar surface area (TPSA) is 65.5 Å². The van der Waals surface area contributed by atoms with Gasteiger partial charge >= 0.3 is 0 Å². The molecular formula is C13H23IN4OS. The van der Waals surface area contributed by atoms with Crippen LogP contribution in [0.2, 0.25) is 0 Å². The third-order valence-electron chi connectivity index (χ3n) is 2.48. The lowest BCUT2D eigenvalue weighted by atomic mass is 10.3. The lowest BCUT2D eigenvalue weighted by molar-refractivity contribution is -0.118. The second-order valence-corrected chi connectivity index (χ2v) is 5.13. The van der Waals surface area contributed by atoms with Crippen molar-refractivity contribution in [1.29, 1.82) is 0 Å². The molecule has 3 N–H and O–H groups in total. The van der Waals surface area contributed by atoms with Gasteiger partial charge in [-0.3, -0.25) is 4.79 Å². The molecule has 0 aromatic carbocycles. The Morgan fingerprint density at radius 3 is 2.55 bits per heavy atom. The molecule has 0 unspecified atom stereocenters. The summed E-state index contributed by atoms with van der Waals surface area (Å²) in [6.45, 7) is 8.39. The smallest absolute Gasteiger partial charge is 0.216 e. The Hall–Kier alpha value is -0.830. The molecule has 114 valence electrons. The van der Waals surface area contributed by atoms with Gasteiger partial charge in [0.25, 0.3) is 0 Å². The van der Waals surface area contributed by atoms with Crippen LogP contribution in [0.5, 0.6) is 0 Å². The molecule has 7 heteroatoms. The number of nitrogens with zero attached hydrogens (tertiary/aromatic N) is 1. The molecule has 1 amide bonds. The number of thiophene rings is 1. The summed E-state index contributed by atoms with van der Waals surface area (Å²) >= 11 is 1.72. The average Bonchev–Trinajstić information content (AvgIpc) is 2.77. The summed E-state index contributed by atoms with van der Waals surface area (Å²) in [5.74, 6) is 0.763. The highest BCUT2D eigenvalue weighted by Gasteiger charge is 2.00. The van der Waals surface area contributed by atoms with Gasteiger partial charge in [0.1, 0.15) is 0 Å². The number of amides is 1. The van der Waals surface area contributed by atoms with Gasteiger partial charge in [-0.25, -0.2) is 4.99 Å². The minimum Gasteiger partial charge on any atom is -0.357 e. The van der Waals surface area contributed by atoms with Crippen molar-refractivity contribution in [3.63, 3.8) is 0 Å². The van der Waals surface area contributed by atoms with E-state index in [0.29, 0.717) is 19.6 Å². The lowest BCUT2D eigenvalue weighted by Gasteiger charge is -2.11. The molecule has 1 aromatic heterocycles. The second kappa shape index (κ2) is 10.9. The molecule has 20 heavy (non-hydrogen) atoms. The number of carbonyl (C=O) groups is 1. The molecule has 0 atom stereocenters. The molecule has 0 bridgehead atoms. The van der Waals surface area contributed by atoms with Gasteiger partial charge in [0.05, 0.1) is 6.54 Å². The molecule has 0 fully saturated rings. The highest BCUT2D eigenvalue weighted by Crippen LogP contribution is 2.16. The molecule has 0 aliphatic heterocycles. The van der Waals surface area contributed by atoms with E-state index in [1.807, 2.05) is 6.92 Å². The van der Waals surface area contributed by atoms with Crippen molar-refractivity contribution in [2.24, 2.45) is 4.99 Å². The van der Waals surface area contributed by atoms with Crippen LogP contribution in [0.25, 0.3) is 0 Å². The third kappa shape index (κ3) is 7.68. The summed E-state index contributed by atoms with van der Waals surface area (Å²) < 4.78 is 0. The van der Waals surface area contributed by atoms with Crippen molar-refractivity contribution in [2.45, 2.75) is 27.3 Å². The Kier molecular flexibility index (Phi) is 10.4. The normalized spacial score (nSPS) is 10.7. The minimum absolute atomic E-state index is 0. The maximum Gasteiger partial charge on any atom is 0.216 e. The number of hydrogen-bond donors (Lipinski definition) is 3. The van der Waals surface area contributed by atoms with E-state index in [1.54, 1.807) is 11.3 Å². The fourth-order valence-corrected chi connectivity index (χ4v) is 2.31. The van der Waals surface area contributed by atoms with Crippen LogP contribution in [0, 0.1) is 6.92 Å². The fourth-order valence-electron chi connectivity index (χ4n) is 1.48. The van der Waals surface area contributed by atoms with Crippen LogP contribution in [0.4, 0.5) is 0 Å². The maximum atomic E-state index is 10.7. The summed E-state index contributed by atoms with van der Waals surface area (Å²) in [7, 11) is 0. The Morgan fingerprint density at radius 1 is 1.30 bits per heavy atom. The van der Waals surface area contributed by atoms with Gasteiger partial charge in [-0.15, -0.1) is 35.3 Å². The number of aryl methyl sites for hydroxylation is 1. The number of aliphatic imine (C=N–C) groups is 1. The number of hydrogen-bond acceptors (Lipinski definition) is 3. The number of nitrogens with one attached hydrogen (secondary N) is 3. The SMILES string of the molecule is CCNC(=NCc1sccc1C)NCCNC(C)=O.I. The number of rotatable bonds is 6. The number of guanidine groups is 1. The first-order valence-corrected chi connectivity index (χ1v) is 7.31. The largest absolute Gasteiger partial charge is 0.357 e. The van der Waals surface area contributed by atoms with Crippen molar-refractivity contribution < 1.29 is 4.79 Å². The summed E-state index contributed by atoms with van der Waals surface area (Å²) in [5, 5.41) is 11.2. The highest BCUT2D eigenvalue weighted by atomic mass is 127.